The molecule has 0 bridgehead atoms. The number of nitrogens with two attached hydrogens (primary N) is 1. The molecule has 0 spiro atoms. The van der Waals surface area contributed by atoms with Crippen molar-refractivity contribution in [2.24, 2.45) is 5.84 Å². The summed E-state index contributed by atoms with van der Waals surface area (Å²) in [5, 5.41) is 0. The Balaban J connectivity index is 2.30. The molecule has 19 heavy (non-hydrogen) atoms. The van der Waals surface area contributed by atoms with E-state index in [0.717, 1.165) is 5.56 Å². The van der Waals surface area contributed by atoms with Crippen molar-refractivity contribution in [1.82, 2.24) is 10.4 Å². The summed E-state index contributed by atoms with van der Waals surface area (Å²) in [6.45, 7) is 1.52. The van der Waals surface area contributed by atoms with Gasteiger partial charge in [0.15, 0.2) is 11.6 Å². The lowest BCUT2D eigenvalue weighted by atomic mass is 9.98. The molecule has 0 aliphatic heterocycles. The van der Waals surface area contributed by atoms with Crippen molar-refractivity contribution in [3.63, 3.8) is 0 Å². The van der Waals surface area contributed by atoms with Crippen LogP contribution in [0.5, 0.6) is 0 Å². The van der Waals surface area contributed by atoms with E-state index in [1.54, 1.807) is 30.6 Å². The number of nitrogens with zero attached hydrogens (tertiary/aromatic N) is 1. The van der Waals surface area contributed by atoms with Gasteiger partial charge >= 0.3 is 0 Å². The highest BCUT2D eigenvalue weighted by Gasteiger charge is 2.19. The van der Waals surface area contributed by atoms with E-state index < -0.39 is 17.7 Å². The number of aromatic nitrogens is 1. The number of halogens is 2. The average Bonchev–Trinajstić information content (AvgIpc) is 2.44. The van der Waals surface area contributed by atoms with Crippen LogP contribution in [-0.2, 0) is 6.42 Å². The number of hydrogen-bond donors (Lipinski definition) is 2. The minimum absolute atomic E-state index is 0.217. The van der Waals surface area contributed by atoms with Gasteiger partial charge in [0.2, 0.25) is 0 Å². The highest BCUT2D eigenvalue weighted by molar-refractivity contribution is 5.29. The van der Waals surface area contributed by atoms with E-state index in [1.807, 2.05) is 6.07 Å². The van der Waals surface area contributed by atoms with Gasteiger partial charge in [-0.3, -0.25) is 16.3 Å². The van der Waals surface area contributed by atoms with Gasteiger partial charge in [-0.15, -0.1) is 0 Å². The predicted octanol–water partition coefficient (Wildman–Crippen LogP) is 2.42. The Morgan fingerprint density at radius 2 is 2.05 bits per heavy atom. The zero-order valence-corrected chi connectivity index (χ0v) is 10.5. The van der Waals surface area contributed by atoms with Crippen LogP contribution in [0.4, 0.5) is 8.78 Å². The van der Waals surface area contributed by atoms with Crippen LogP contribution in [-0.4, -0.2) is 4.98 Å². The lowest BCUT2D eigenvalue weighted by molar-refractivity contribution is 0.461. The molecule has 1 atom stereocenters. The Bertz CT molecular complexity index is 558. The summed E-state index contributed by atoms with van der Waals surface area (Å²) in [6.07, 6.45) is 3.76. The average molecular weight is 263 g/mol. The summed E-state index contributed by atoms with van der Waals surface area (Å²) in [4.78, 5) is 3.98. The molecule has 2 rings (SSSR count). The van der Waals surface area contributed by atoms with Gasteiger partial charge in [-0.05, 0) is 30.5 Å². The third kappa shape index (κ3) is 2.94. The zero-order valence-electron chi connectivity index (χ0n) is 10.5. The first-order valence-electron chi connectivity index (χ1n) is 5.93. The number of aryl methyl sites for hydroxylation is 1. The van der Waals surface area contributed by atoms with Crippen molar-refractivity contribution in [3.05, 3.63) is 65.0 Å². The number of pyridine rings is 1. The largest absolute Gasteiger partial charge is 0.271 e. The maximum absolute atomic E-state index is 13.9. The first-order chi connectivity index (χ1) is 9.13. The summed E-state index contributed by atoms with van der Waals surface area (Å²) in [7, 11) is 0. The van der Waals surface area contributed by atoms with Gasteiger partial charge in [-0.25, -0.2) is 8.78 Å². The minimum atomic E-state index is -0.855. The highest BCUT2D eigenvalue weighted by Crippen LogP contribution is 2.23. The third-order valence-electron chi connectivity index (χ3n) is 3.04. The molecule has 1 unspecified atom stereocenters. The van der Waals surface area contributed by atoms with Crippen LogP contribution >= 0.6 is 0 Å². The van der Waals surface area contributed by atoms with Gasteiger partial charge in [0.25, 0.3) is 0 Å². The van der Waals surface area contributed by atoms with Crippen molar-refractivity contribution < 1.29 is 8.78 Å². The smallest absolute Gasteiger partial charge is 0.163 e. The molecule has 0 radical (unpaired) electrons. The Morgan fingerprint density at radius 1 is 1.26 bits per heavy atom. The van der Waals surface area contributed by atoms with E-state index in [0.29, 0.717) is 6.42 Å². The fraction of sp³-hybridized carbons (Fsp3) is 0.214. The van der Waals surface area contributed by atoms with E-state index in [1.165, 1.54) is 6.92 Å². The van der Waals surface area contributed by atoms with Crippen LogP contribution in [0.3, 0.4) is 0 Å². The molecule has 0 saturated carbocycles. The van der Waals surface area contributed by atoms with Crippen LogP contribution in [0.2, 0.25) is 0 Å². The molecule has 3 N–H and O–H groups in total. The van der Waals surface area contributed by atoms with Crippen LogP contribution in [0.15, 0.2) is 36.7 Å². The molecule has 2 aromatic rings. The number of hydrogen-bond acceptors (Lipinski definition) is 3. The first kappa shape index (κ1) is 13.6. The van der Waals surface area contributed by atoms with Gasteiger partial charge in [-0.2, -0.15) is 0 Å². The lowest BCUT2D eigenvalue weighted by Gasteiger charge is -2.17. The maximum atomic E-state index is 13.9. The molecule has 5 heteroatoms. The summed E-state index contributed by atoms with van der Waals surface area (Å²) in [5.41, 5.74) is 3.91. The maximum Gasteiger partial charge on any atom is 0.163 e. The van der Waals surface area contributed by atoms with Crippen LogP contribution in [0.1, 0.15) is 22.7 Å². The SMILES string of the molecule is Cc1ccc(C(Cc2cccnc2)NN)c(F)c1F. The topological polar surface area (TPSA) is 50.9 Å². The van der Waals surface area contributed by atoms with Crippen molar-refractivity contribution in [1.29, 1.82) is 0 Å². The second kappa shape index (κ2) is 5.86. The number of rotatable bonds is 4. The molecule has 0 fully saturated rings. The van der Waals surface area contributed by atoms with Crippen molar-refractivity contribution in [2.75, 3.05) is 0 Å². The van der Waals surface area contributed by atoms with Crippen molar-refractivity contribution in [3.8, 4) is 0 Å². The second-order valence-electron chi connectivity index (χ2n) is 4.38. The van der Waals surface area contributed by atoms with E-state index in [9.17, 15) is 8.78 Å². The fourth-order valence-corrected chi connectivity index (χ4v) is 1.94. The van der Waals surface area contributed by atoms with Crippen molar-refractivity contribution in [2.45, 2.75) is 19.4 Å². The molecule has 1 aromatic carbocycles. The van der Waals surface area contributed by atoms with Gasteiger partial charge < -0.3 is 0 Å². The second-order valence-corrected chi connectivity index (χ2v) is 4.38. The van der Waals surface area contributed by atoms with E-state index in [2.05, 4.69) is 10.4 Å². The summed E-state index contributed by atoms with van der Waals surface area (Å²) in [6, 6.07) is 6.24. The quantitative estimate of drug-likeness (QED) is 0.658. The number of hydrazine groups is 1. The molecule has 0 aliphatic carbocycles. The number of nitrogens with one attached hydrogen (secondary N) is 1. The fourth-order valence-electron chi connectivity index (χ4n) is 1.94. The molecule has 3 nitrogen and oxygen atoms in total. The number of benzene rings is 1. The molecule has 0 saturated heterocycles. The zero-order chi connectivity index (χ0) is 13.8. The van der Waals surface area contributed by atoms with Crippen LogP contribution in [0.25, 0.3) is 0 Å². The highest BCUT2D eigenvalue weighted by atomic mass is 19.2. The molecule has 1 heterocycles. The Morgan fingerprint density at radius 3 is 2.68 bits per heavy atom. The monoisotopic (exact) mass is 263 g/mol. The van der Waals surface area contributed by atoms with E-state index in [-0.39, 0.29) is 11.1 Å². The van der Waals surface area contributed by atoms with Crippen molar-refractivity contribution >= 4 is 0 Å². The molecular weight excluding hydrogens is 248 g/mol. The molecule has 1 aromatic heterocycles. The molecular formula is C14H15F2N3. The first-order valence-corrected chi connectivity index (χ1v) is 5.93. The Hall–Kier alpha value is -1.85. The normalized spacial score (nSPS) is 12.4. The Kier molecular flexibility index (Phi) is 4.19. The minimum Gasteiger partial charge on any atom is -0.271 e. The standard InChI is InChI=1S/C14H15F2N3/c1-9-4-5-11(14(16)13(9)15)12(19-17)7-10-3-2-6-18-8-10/h2-6,8,12,19H,7,17H2,1H3. The van der Waals surface area contributed by atoms with Gasteiger partial charge in [0, 0.05) is 18.0 Å². The van der Waals surface area contributed by atoms with E-state index >= 15 is 0 Å². The van der Waals surface area contributed by atoms with Gasteiger partial charge in [-0.1, -0.05) is 18.2 Å². The van der Waals surface area contributed by atoms with E-state index in [4.69, 9.17) is 5.84 Å². The molecule has 0 aliphatic rings. The molecule has 0 amide bonds. The lowest BCUT2D eigenvalue weighted by Crippen LogP contribution is -2.30. The Labute approximate surface area is 110 Å². The summed E-state index contributed by atoms with van der Waals surface area (Å²) in [5.74, 6) is 3.77. The predicted molar refractivity (Wildman–Crippen MR) is 69.1 cm³/mol. The van der Waals surface area contributed by atoms with Gasteiger partial charge in [0.1, 0.15) is 0 Å². The molecule has 100 valence electrons. The van der Waals surface area contributed by atoms with Gasteiger partial charge in [0.05, 0.1) is 6.04 Å². The summed E-state index contributed by atoms with van der Waals surface area (Å²) >= 11 is 0. The summed E-state index contributed by atoms with van der Waals surface area (Å²) < 4.78 is 27.5. The van der Waals surface area contributed by atoms with Crippen LogP contribution in [0, 0.1) is 18.6 Å². The third-order valence-corrected chi connectivity index (χ3v) is 3.04. The van der Waals surface area contributed by atoms with Crippen LogP contribution < -0.4 is 11.3 Å².